The number of pyridine rings is 1. The second-order valence-electron chi connectivity index (χ2n) is 4.00. The van der Waals surface area contributed by atoms with E-state index in [0.717, 1.165) is 18.0 Å². The first-order valence-electron chi connectivity index (χ1n) is 5.68. The highest BCUT2D eigenvalue weighted by atomic mass is 32.2. The van der Waals surface area contributed by atoms with Gasteiger partial charge in [0.2, 0.25) is 0 Å². The van der Waals surface area contributed by atoms with Crippen LogP contribution in [0.4, 0.5) is 0 Å². The summed E-state index contributed by atoms with van der Waals surface area (Å²) in [5.41, 5.74) is 1.13. The van der Waals surface area contributed by atoms with Crippen LogP contribution in [0.3, 0.4) is 0 Å². The summed E-state index contributed by atoms with van der Waals surface area (Å²) in [5.74, 6) is 2.32. The van der Waals surface area contributed by atoms with Crippen molar-refractivity contribution in [3.05, 3.63) is 29.7 Å². The van der Waals surface area contributed by atoms with Gasteiger partial charge in [-0.1, -0.05) is 5.16 Å². The maximum atomic E-state index is 8.70. The minimum Gasteiger partial charge on any atom is -0.332 e. The van der Waals surface area contributed by atoms with Crippen LogP contribution in [0.25, 0.3) is 11.6 Å². The van der Waals surface area contributed by atoms with Gasteiger partial charge in [-0.2, -0.15) is 22.0 Å². The molecule has 0 bridgehead atoms. The molecule has 1 fully saturated rings. The maximum absolute atomic E-state index is 8.70. The summed E-state index contributed by atoms with van der Waals surface area (Å²) in [6.07, 6.45) is 3.81. The normalized spacial score (nSPS) is 18.7. The van der Waals surface area contributed by atoms with Crippen molar-refractivity contribution in [3.63, 3.8) is 0 Å². The highest BCUT2D eigenvalue weighted by Gasteiger charge is 2.23. The van der Waals surface area contributed by atoms with E-state index >= 15 is 0 Å². The number of rotatable bonds is 2. The van der Waals surface area contributed by atoms with Gasteiger partial charge in [0, 0.05) is 6.20 Å². The van der Waals surface area contributed by atoms with E-state index in [-0.39, 0.29) is 0 Å². The van der Waals surface area contributed by atoms with Crippen molar-refractivity contribution in [1.29, 1.82) is 5.26 Å². The molecule has 2 aromatic rings. The average Bonchev–Trinajstić information content (AvgIpc) is 3.09. The lowest BCUT2D eigenvalue weighted by atomic mass is 10.2. The summed E-state index contributed by atoms with van der Waals surface area (Å²) in [6, 6.07) is 5.43. The molecule has 3 rings (SSSR count). The highest BCUT2D eigenvalue weighted by Crippen LogP contribution is 2.38. The fraction of sp³-hybridized carbons (Fsp3) is 0.333. The Balaban J connectivity index is 1.85. The molecule has 0 saturated carbocycles. The molecule has 90 valence electrons. The first-order chi connectivity index (χ1) is 8.86. The van der Waals surface area contributed by atoms with Gasteiger partial charge in [-0.3, -0.25) is 0 Å². The van der Waals surface area contributed by atoms with E-state index in [9.17, 15) is 0 Å². The number of thioether (sulfide) groups is 1. The van der Waals surface area contributed by atoms with Crippen LogP contribution >= 0.6 is 11.8 Å². The van der Waals surface area contributed by atoms with Gasteiger partial charge in [0.05, 0.1) is 10.8 Å². The van der Waals surface area contributed by atoms with Crippen molar-refractivity contribution >= 4 is 11.8 Å². The van der Waals surface area contributed by atoms with E-state index in [2.05, 4.69) is 15.1 Å². The Labute approximate surface area is 108 Å². The first kappa shape index (κ1) is 11.2. The summed E-state index contributed by atoms with van der Waals surface area (Å²) in [6.45, 7) is 0. The molecule has 6 heteroatoms. The topological polar surface area (TPSA) is 75.6 Å². The second-order valence-corrected chi connectivity index (χ2v) is 5.31. The van der Waals surface area contributed by atoms with Gasteiger partial charge < -0.3 is 4.52 Å². The zero-order valence-electron chi connectivity index (χ0n) is 9.54. The van der Waals surface area contributed by atoms with Gasteiger partial charge in [-0.15, -0.1) is 0 Å². The molecule has 0 aromatic carbocycles. The Kier molecular flexibility index (Phi) is 2.99. The third-order valence-corrected chi connectivity index (χ3v) is 4.14. The van der Waals surface area contributed by atoms with E-state index in [1.165, 1.54) is 12.6 Å². The van der Waals surface area contributed by atoms with Crippen molar-refractivity contribution in [2.24, 2.45) is 0 Å². The third-order valence-electron chi connectivity index (χ3n) is 2.77. The van der Waals surface area contributed by atoms with Crippen LogP contribution in [0, 0.1) is 11.3 Å². The van der Waals surface area contributed by atoms with Crippen molar-refractivity contribution in [2.75, 3.05) is 5.75 Å². The summed E-state index contributed by atoms with van der Waals surface area (Å²) < 4.78 is 5.22. The number of aromatic nitrogens is 3. The first-order valence-corrected chi connectivity index (χ1v) is 6.73. The van der Waals surface area contributed by atoms with Crippen LogP contribution < -0.4 is 0 Å². The summed E-state index contributed by atoms with van der Waals surface area (Å²) in [4.78, 5) is 8.51. The highest BCUT2D eigenvalue weighted by molar-refractivity contribution is 7.99. The summed E-state index contributed by atoms with van der Waals surface area (Å²) >= 11 is 1.86. The lowest BCUT2D eigenvalue weighted by Gasteiger charge is -1.98. The van der Waals surface area contributed by atoms with E-state index in [0.29, 0.717) is 22.4 Å². The van der Waals surface area contributed by atoms with E-state index in [4.69, 9.17) is 9.78 Å². The SMILES string of the molecule is N#Cc1ccc(-c2nc(C3CCCS3)no2)nc1. The molecule has 1 aliphatic rings. The standard InChI is InChI=1S/C12H10N4OS/c13-6-8-3-4-9(14-7-8)12-15-11(16-17-12)10-2-1-5-18-10/h3-4,7,10H,1-2,5H2. The van der Waals surface area contributed by atoms with Gasteiger partial charge in [-0.05, 0) is 30.7 Å². The minimum atomic E-state index is 0.348. The van der Waals surface area contributed by atoms with E-state index in [1.807, 2.05) is 17.8 Å². The molecule has 1 aliphatic heterocycles. The predicted octanol–water partition coefficient (Wildman–Crippen LogP) is 2.57. The number of nitriles is 1. The Morgan fingerprint density at radius 2 is 2.39 bits per heavy atom. The Morgan fingerprint density at radius 1 is 1.44 bits per heavy atom. The van der Waals surface area contributed by atoms with Crippen molar-refractivity contribution < 1.29 is 4.52 Å². The fourth-order valence-electron chi connectivity index (χ4n) is 1.84. The fourth-order valence-corrected chi connectivity index (χ4v) is 3.03. The zero-order valence-corrected chi connectivity index (χ0v) is 10.4. The van der Waals surface area contributed by atoms with Crippen LogP contribution in [0.2, 0.25) is 0 Å². The van der Waals surface area contributed by atoms with Crippen LogP contribution in [-0.4, -0.2) is 20.9 Å². The lowest BCUT2D eigenvalue weighted by Crippen LogP contribution is -1.91. The number of hydrogen-bond donors (Lipinski definition) is 0. The Morgan fingerprint density at radius 3 is 3.06 bits per heavy atom. The molecule has 0 amide bonds. The molecule has 1 unspecified atom stereocenters. The quantitative estimate of drug-likeness (QED) is 0.824. The molecule has 0 N–H and O–H groups in total. The van der Waals surface area contributed by atoms with Gasteiger partial charge in [-0.25, -0.2) is 4.98 Å². The molecule has 3 heterocycles. The monoisotopic (exact) mass is 258 g/mol. The minimum absolute atomic E-state index is 0.348. The van der Waals surface area contributed by atoms with Crippen molar-refractivity contribution in [1.82, 2.24) is 15.1 Å². The molecule has 2 aromatic heterocycles. The molecule has 5 nitrogen and oxygen atoms in total. The second kappa shape index (κ2) is 4.78. The van der Waals surface area contributed by atoms with E-state index < -0.39 is 0 Å². The van der Waals surface area contributed by atoms with Gasteiger partial charge >= 0.3 is 0 Å². The molecule has 1 saturated heterocycles. The molecule has 0 spiro atoms. The Hall–Kier alpha value is -1.87. The van der Waals surface area contributed by atoms with E-state index in [1.54, 1.807) is 12.1 Å². The number of hydrogen-bond acceptors (Lipinski definition) is 6. The maximum Gasteiger partial charge on any atom is 0.276 e. The van der Waals surface area contributed by atoms with Crippen LogP contribution in [-0.2, 0) is 0 Å². The molecule has 18 heavy (non-hydrogen) atoms. The zero-order chi connectivity index (χ0) is 12.4. The van der Waals surface area contributed by atoms with Gasteiger partial charge in [0.25, 0.3) is 5.89 Å². The summed E-state index contributed by atoms with van der Waals surface area (Å²) in [7, 11) is 0. The molecule has 0 aliphatic carbocycles. The van der Waals surface area contributed by atoms with Crippen LogP contribution in [0.1, 0.15) is 29.5 Å². The van der Waals surface area contributed by atoms with Crippen molar-refractivity contribution in [3.8, 4) is 17.7 Å². The van der Waals surface area contributed by atoms with Crippen LogP contribution in [0.5, 0.6) is 0 Å². The summed E-state index contributed by atoms with van der Waals surface area (Å²) in [5, 5.41) is 13.1. The largest absolute Gasteiger partial charge is 0.332 e. The lowest BCUT2D eigenvalue weighted by molar-refractivity contribution is 0.420. The van der Waals surface area contributed by atoms with Crippen molar-refractivity contribution in [2.45, 2.75) is 18.1 Å². The molecule has 0 radical (unpaired) electrons. The van der Waals surface area contributed by atoms with Gasteiger partial charge in [0.15, 0.2) is 5.82 Å². The predicted molar refractivity (Wildman–Crippen MR) is 66.7 cm³/mol. The van der Waals surface area contributed by atoms with Gasteiger partial charge in [0.1, 0.15) is 11.8 Å². The molecular formula is C12H10N4OS. The smallest absolute Gasteiger partial charge is 0.276 e. The third kappa shape index (κ3) is 2.09. The average molecular weight is 258 g/mol. The Bertz CT molecular complexity index is 581. The van der Waals surface area contributed by atoms with Crippen LogP contribution in [0.15, 0.2) is 22.9 Å². The molecular weight excluding hydrogens is 248 g/mol. The number of nitrogens with zero attached hydrogens (tertiary/aromatic N) is 4. The molecule has 1 atom stereocenters.